The molecule has 7 aromatic rings. The first kappa shape index (κ1) is 56.8. The molecule has 6 heterocycles. The van der Waals surface area contributed by atoms with Crippen LogP contribution in [0.3, 0.4) is 0 Å². The van der Waals surface area contributed by atoms with Crippen molar-refractivity contribution < 1.29 is 33.6 Å². The van der Waals surface area contributed by atoms with Crippen LogP contribution in [0, 0.1) is 0 Å². The Labute approximate surface area is 467 Å². The van der Waals surface area contributed by atoms with Crippen LogP contribution in [0.25, 0.3) is 21.6 Å². The summed E-state index contributed by atoms with van der Waals surface area (Å²) in [6.07, 6.45) is 6.00. The Morgan fingerprint density at radius 1 is 0.650 bits per heavy atom. The molecule has 2 saturated heterocycles. The van der Waals surface area contributed by atoms with Crippen molar-refractivity contribution in [2.75, 3.05) is 32.8 Å². The predicted octanol–water partition coefficient (Wildman–Crippen LogP) is 9.56. The molecule has 0 radical (unpaired) electrons. The number of aliphatic carboxylic acids is 1. The van der Waals surface area contributed by atoms with Crippen molar-refractivity contribution in [2.24, 2.45) is 5.11 Å². The topological polar surface area (TPSA) is 213 Å². The molecule has 1 unspecified atom stereocenters. The number of nitrogens with one attached hydrogen (secondary N) is 1. The molecule has 2 aliphatic rings. The lowest BCUT2D eigenvalue weighted by molar-refractivity contribution is -0.196. The Hall–Kier alpha value is -7.93. The molecule has 18 nitrogen and oxygen atoms in total. The van der Waals surface area contributed by atoms with Gasteiger partial charge in [0.15, 0.2) is 5.79 Å². The molecular weight excluding hydrogens is 1010 g/mol. The molecule has 0 bridgehead atoms. The number of benzene rings is 3. The van der Waals surface area contributed by atoms with Gasteiger partial charge in [0, 0.05) is 102 Å². The summed E-state index contributed by atoms with van der Waals surface area (Å²) in [7, 11) is 0. The van der Waals surface area contributed by atoms with Crippen molar-refractivity contribution in [3.63, 3.8) is 0 Å². The lowest BCUT2D eigenvalue weighted by Gasteiger charge is -2.28. The number of carboxylic acids is 1. The maximum atomic E-state index is 14.2. The molecule has 0 saturated carbocycles. The van der Waals surface area contributed by atoms with Gasteiger partial charge in [0.25, 0.3) is 0 Å². The monoisotopic (exact) mass is 1080 g/mol. The van der Waals surface area contributed by atoms with Gasteiger partial charge in [-0.05, 0) is 114 Å². The van der Waals surface area contributed by atoms with E-state index < -0.39 is 36.2 Å². The summed E-state index contributed by atoms with van der Waals surface area (Å²) in [6.45, 7) is 7.50. The minimum absolute atomic E-state index is 0.00977. The minimum Gasteiger partial charge on any atom is -0.494 e. The van der Waals surface area contributed by atoms with Crippen molar-refractivity contribution in [2.45, 2.75) is 109 Å². The van der Waals surface area contributed by atoms with E-state index in [1.54, 1.807) is 6.92 Å². The second kappa shape index (κ2) is 28.8. The van der Waals surface area contributed by atoms with Crippen LogP contribution in [0.2, 0.25) is 0 Å². The third-order valence-electron chi connectivity index (χ3n) is 14.0. The van der Waals surface area contributed by atoms with E-state index in [0.29, 0.717) is 78.4 Å². The first-order valence-corrected chi connectivity index (χ1v) is 27.3. The van der Waals surface area contributed by atoms with Crippen molar-refractivity contribution in [1.82, 2.24) is 40.0 Å². The zero-order valence-electron chi connectivity index (χ0n) is 45.2. The van der Waals surface area contributed by atoms with Crippen LogP contribution in [-0.4, -0.2) is 115 Å². The van der Waals surface area contributed by atoms with Gasteiger partial charge >= 0.3 is 5.97 Å². The predicted molar refractivity (Wildman–Crippen MR) is 302 cm³/mol. The first-order valence-electron chi connectivity index (χ1n) is 27.3. The van der Waals surface area contributed by atoms with Crippen molar-refractivity contribution in [3.8, 4) is 16.9 Å². The number of pyridine rings is 4. The normalized spacial score (nSPS) is 18.4. The molecule has 3 aromatic carbocycles. The van der Waals surface area contributed by atoms with Gasteiger partial charge in [-0.25, -0.2) is 0 Å². The van der Waals surface area contributed by atoms with Crippen LogP contribution in [0.15, 0.2) is 175 Å². The van der Waals surface area contributed by atoms with Gasteiger partial charge in [-0.2, -0.15) is 0 Å². The van der Waals surface area contributed by atoms with E-state index in [1.165, 1.54) is 0 Å². The van der Waals surface area contributed by atoms with E-state index in [-0.39, 0.29) is 31.8 Å². The third kappa shape index (κ3) is 17.0. The average molecular weight is 1080 g/mol. The van der Waals surface area contributed by atoms with Gasteiger partial charge < -0.3 is 34.3 Å². The summed E-state index contributed by atoms with van der Waals surface area (Å²) in [5, 5.41) is 16.5. The number of azide groups is 1. The molecule has 2 N–H and O–H groups in total. The lowest BCUT2D eigenvalue weighted by Crippen LogP contribution is -2.43. The number of carboxylic acid groups (broad SMARTS) is 1. The number of amides is 1. The summed E-state index contributed by atoms with van der Waals surface area (Å²) < 4.78 is 25.1. The van der Waals surface area contributed by atoms with Crippen molar-refractivity contribution in [1.29, 1.82) is 0 Å². The number of aromatic nitrogens is 4. The molecule has 80 heavy (non-hydrogen) atoms. The van der Waals surface area contributed by atoms with Crippen LogP contribution in [0.4, 0.5) is 0 Å². The maximum absolute atomic E-state index is 14.2. The third-order valence-corrected chi connectivity index (χ3v) is 14.0. The molecule has 0 aliphatic carbocycles. The summed E-state index contributed by atoms with van der Waals surface area (Å²) in [6, 6.07) is 49.1. The lowest BCUT2D eigenvalue weighted by atomic mass is 10.0. The molecule has 0 spiro atoms. The van der Waals surface area contributed by atoms with E-state index in [1.807, 2.05) is 121 Å². The first-order chi connectivity index (χ1) is 39.1. The fraction of sp³-hybridized carbons (Fsp3) is 0.355. The summed E-state index contributed by atoms with van der Waals surface area (Å²) in [5.41, 5.74) is 18.2. The van der Waals surface area contributed by atoms with Crippen LogP contribution in [0.5, 0.6) is 5.75 Å². The molecule has 414 valence electrons. The molecule has 9 rings (SSSR count). The van der Waals surface area contributed by atoms with Gasteiger partial charge in [0.1, 0.15) is 18.0 Å². The smallest absolute Gasteiger partial charge is 0.306 e. The molecule has 4 aromatic heterocycles. The van der Waals surface area contributed by atoms with E-state index in [2.05, 4.69) is 99.7 Å². The molecule has 18 heteroatoms. The molecular formula is C62H69N11O7. The average Bonchev–Trinajstić information content (AvgIpc) is 4.07. The van der Waals surface area contributed by atoms with E-state index in [4.69, 9.17) is 24.5 Å². The number of hydrogen-bond donors (Lipinski definition) is 2. The second-order valence-corrected chi connectivity index (χ2v) is 20.4. The largest absolute Gasteiger partial charge is 0.494 e. The zero-order chi connectivity index (χ0) is 55.4. The summed E-state index contributed by atoms with van der Waals surface area (Å²) >= 11 is 0. The summed E-state index contributed by atoms with van der Waals surface area (Å²) in [5.74, 6) is -1.39. The van der Waals surface area contributed by atoms with Gasteiger partial charge in [0.05, 0.1) is 54.6 Å². The van der Waals surface area contributed by atoms with Gasteiger partial charge in [0.2, 0.25) is 5.91 Å². The van der Waals surface area contributed by atoms with Gasteiger partial charge in [-0.15, -0.1) is 0 Å². The van der Waals surface area contributed by atoms with Gasteiger partial charge in [-0.1, -0.05) is 90.0 Å². The highest BCUT2D eigenvalue weighted by molar-refractivity contribution is 5.76. The van der Waals surface area contributed by atoms with E-state index in [9.17, 15) is 14.7 Å². The number of ether oxygens (including phenoxy) is 4. The van der Waals surface area contributed by atoms with E-state index in [0.717, 1.165) is 56.3 Å². The number of nitrogens with zero attached hydrogens (tertiary/aromatic N) is 10. The fourth-order valence-corrected chi connectivity index (χ4v) is 10.3. The Bertz CT molecular complexity index is 2860. The van der Waals surface area contributed by atoms with Crippen LogP contribution >= 0.6 is 0 Å². The highest BCUT2D eigenvalue weighted by Crippen LogP contribution is 2.40. The molecule has 5 atom stereocenters. The Morgan fingerprint density at radius 2 is 1.18 bits per heavy atom. The Balaban J connectivity index is 0.876. The molecule has 2 fully saturated rings. The number of carbonyl (C=O) groups excluding carboxylic acids is 1. The standard InChI is InChI=1S/C62H69N11O7/c1-62(79-60-56(36-59(75)76)78-57(37-69-70-63)61(60)80-62)45-64-30-25-58(74)73(40-46-21-23-50(24-22-46)49-15-3-2-4-16-49)31-13-14-32-77-55-34-47(38-71(41-51-17-5-9-26-65-51)42-52-18-6-10-27-66-52)33-48(35-55)39-72(43-53-19-7-11-28-67-53)44-54-20-8-12-29-68-54/h2-12,15-24,26-29,33-35,56-57,60-61,64H,13-14,25,30-32,36-45H2,1H3,(H,75,76)/t56-,57-,60+,61-,62?/m1/s1. The van der Waals surface area contributed by atoms with Gasteiger partial charge in [-0.3, -0.25) is 39.3 Å². The molecule has 1 amide bonds. The van der Waals surface area contributed by atoms with Crippen molar-refractivity contribution >= 4 is 11.9 Å². The van der Waals surface area contributed by atoms with Crippen LogP contribution in [-0.2, 0) is 69.6 Å². The summed E-state index contributed by atoms with van der Waals surface area (Å²) in [4.78, 5) is 54.0. The minimum atomic E-state index is -1.12. The fourth-order valence-electron chi connectivity index (χ4n) is 10.3. The zero-order valence-corrected chi connectivity index (χ0v) is 45.2. The highest BCUT2D eigenvalue weighted by Gasteiger charge is 2.56. The number of carbonyl (C=O) groups is 2. The Kier molecular flexibility index (Phi) is 20.4. The van der Waals surface area contributed by atoms with Crippen LogP contribution in [0.1, 0.15) is 72.1 Å². The Morgan fingerprint density at radius 3 is 1.69 bits per heavy atom. The van der Waals surface area contributed by atoms with E-state index >= 15 is 0 Å². The highest BCUT2D eigenvalue weighted by atomic mass is 16.8. The molecule has 2 aliphatic heterocycles. The number of rotatable bonds is 30. The number of hydrogen-bond acceptors (Lipinski definition) is 14. The quantitative estimate of drug-likeness (QED) is 0.0186. The second-order valence-electron chi connectivity index (χ2n) is 20.4. The van der Waals surface area contributed by atoms with Crippen molar-refractivity contribution in [3.05, 3.63) is 220 Å². The number of unbranched alkanes of at least 4 members (excludes halogenated alkanes) is 1. The van der Waals surface area contributed by atoms with Crippen LogP contribution < -0.4 is 10.1 Å². The SMILES string of the molecule is CC1(CNCCC(=O)N(CCCCOc2cc(CN(Cc3ccccn3)Cc3ccccn3)cc(CN(Cc3ccccn3)Cc3ccccn3)c2)Cc2ccc(-c3ccccc3)cc2)O[C@@H]2[C@H](O1)[C@@H](CN=[N+]=[N-])O[C@@H]2CC(=O)O. The maximum Gasteiger partial charge on any atom is 0.306 e. The number of fused-ring (bicyclic) bond motifs is 1.